The van der Waals surface area contributed by atoms with Crippen molar-refractivity contribution in [1.29, 1.82) is 0 Å². The fourth-order valence-corrected chi connectivity index (χ4v) is 1.47. The van der Waals surface area contributed by atoms with Crippen LogP contribution >= 0.6 is 0 Å². The van der Waals surface area contributed by atoms with Crippen LogP contribution in [-0.2, 0) is 0 Å². The molecule has 0 aliphatic carbocycles. The molecule has 0 aliphatic rings. The highest BCUT2D eigenvalue weighted by Crippen LogP contribution is 2.17. The Morgan fingerprint density at radius 1 is 1.07 bits per heavy atom. The van der Waals surface area contributed by atoms with Gasteiger partial charge in [-0.25, -0.2) is 4.79 Å². The van der Waals surface area contributed by atoms with E-state index < -0.39 is 5.97 Å². The van der Waals surface area contributed by atoms with Crippen molar-refractivity contribution in [2.45, 2.75) is 0 Å². The number of aldehydes is 1. The van der Waals surface area contributed by atoms with Gasteiger partial charge in [-0.2, -0.15) is 0 Å². The highest BCUT2D eigenvalue weighted by molar-refractivity contribution is 5.95. The minimum absolute atomic E-state index is 0.251. The van der Waals surface area contributed by atoms with Crippen LogP contribution in [0.2, 0.25) is 0 Å². The van der Waals surface area contributed by atoms with Gasteiger partial charge < -0.3 is 5.11 Å². The monoisotopic (exact) mass is 200 g/mol. The Bertz CT molecular complexity index is 544. The fraction of sp³-hybridized carbons (Fsp3) is 0. The predicted molar refractivity (Wildman–Crippen MR) is 56.3 cm³/mol. The van der Waals surface area contributed by atoms with Gasteiger partial charge in [-0.3, -0.25) is 4.79 Å². The molecule has 74 valence electrons. The Morgan fingerprint density at radius 2 is 1.73 bits per heavy atom. The lowest BCUT2D eigenvalue weighted by Crippen LogP contribution is -1.95. The Kier molecular flexibility index (Phi) is 2.21. The van der Waals surface area contributed by atoms with E-state index in [1.54, 1.807) is 30.3 Å². The Balaban J connectivity index is 2.64. The number of carbonyl (C=O) groups is 2. The molecule has 0 unspecified atom stereocenters. The van der Waals surface area contributed by atoms with Gasteiger partial charge in [-0.15, -0.1) is 0 Å². The molecule has 15 heavy (non-hydrogen) atoms. The number of aromatic carboxylic acids is 1. The first-order valence-corrected chi connectivity index (χ1v) is 4.43. The van der Waals surface area contributed by atoms with Crippen LogP contribution in [0.1, 0.15) is 20.7 Å². The van der Waals surface area contributed by atoms with Gasteiger partial charge in [0.05, 0.1) is 5.56 Å². The van der Waals surface area contributed by atoms with E-state index in [9.17, 15) is 9.59 Å². The van der Waals surface area contributed by atoms with Gasteiger partial charge >= 0.3 is 5.97 Å². The van der Waals surface area contributed by atoms with Crippen molar-refractivity contribution in [2.24, 2.45) is 0 Å². The van der Waals surface area contributed by atoms with Crippen LogP contribution in [0.5, 0.6) is 0 Å². The average molecular weight is 200 g/mol. The molecule has 0 amide bonds. The van der Waals surface area contributed by atoms with Crippen molar-refractivity contribution < 1.29 is 14.7 Å². The second kappa shape index (κ2) is 3.53. The van der Waals surface area contributed by atoms with Crippen molar-refractivity contribution in [2.75, 3.05) is 0 Å². The number of hydrogen-bond donors (Lipinski definition) is 1. The summed E-state index contributed by atoms with van der Waals surface area (Å²) in [4.78, 5) is 21.2. The number of carboxylic acid groups (broad SMARTS) is 1. The summed E-state index contributed by atoms with van der Waals surface area (Å²) in [6.45, 7) is 0. The van der Waals surface area contributed by atoms with E-state index >= 15 is 0 Å². The molecule has 0 radical (unpaired) electrons. The molecule has 0 bridgehead atoms. The average Bonchev–Trinajstić information content (AvgIpc) is 2.27. The summed E-state index contributed by atoms with van der Waals surface area (Å²) >= 11 is 0. The lowest BCUT2D eigenvalue weighted by atomic mass is 10.0. The zero-order chi connectivity index (χ0) is 10.8. The lowest BCUT2D eigenvalue weighted by molar-refractivity contribution is 0.0697. The smallest absolute Gasteiger partial charge is 0.335 e. The number of carboxylic acids is 1. The number of fused-ring (bicyclic) bond motifs is 1. The van der Waals surface area contributed by atoms with E-state index in [0.29, 0.717) is 5.56 Å². The van der Waals surface area contributed by atoms with E-state index in [2.05, 4.69) is 0 Å². The number of hydrogen-bond acceptors (Lipinski definition) is 2. The zero-order valence-corrected chi connectivity index (χ0v) is 7.81. The molecule has 0 aliphatic heterocycles. The maximum absolute atomic E-state index is 10.7. The van der Waals surface area contributed by atoms with Crippen LogP contribution in [0.15, 0.2) is 36.4 Å². The summed E-state index contributed by atoms with van der Waals surface area (Å²) in [7, 11) is 0. The Labute approximate surface area is 86.0 Å². The van der Waals surface area contributed by atoms with Crippen LogP contribution < -0.4 is 0 Å². The third kappa shape index (κ3) is 1.72. The minimum Gasteiger partial charge on any atom is -0.478 e. The normalized spacial score (nSPS) is 10.1. The quantitative estimate of drug-likeness (QED) is 0.757. The summed E-state index contributed by atoms with van der Waals surface area (Å²) in [5.41, 5.74) is 0.840. The van der Waals surface area contributed by atoms with Gasteiger partial charge in [0.25, 0.3) is 0 Å². The van der Waals surface area contributed by atoms with Gasteiger partial charge in [0, 0.05) is 5.56 Å². The van der Waals surface area contributed by atoms with Crippen LogP contribution in [0.3, 0.4) is 0 Å². The largest absolute Gasteiger partial charge is 0.478 e. The molecule has 2 aromatic rings. The fourth-order valence-electron chi connectivity index (χ4n) is 1.47. The van der Waals surface area contributed by atoms with Gasteiger partial charge in [0.1, 0.15) is 6.29 Å². The van der Waals surface area contributed by atoms with Crippen molar-refractivity contribution >= 4 is 23.0 Å². The molecular formula is C12H8O3. The molecule has 2 aromatic carbocycles. The summed E-state index contributed by atoms with van der Waals surface area (Å²) in [6, 6.07) is 9.96. The predicted octanol–water partition coefficient (Wildman–Crippen LogP) is 2.35. The summed E-state index contributed by atoms with van der Waals surface area (Å²) < 4.78 is 0. The first-order chi connectivity index (χ1) is 7.20. The Hall–Kier alpha value is -2.16. The second-order valence-corrected chi connectivity index (χ2v) is 3.24. The first kappa shape index (κ1) is 9.40. The Morgan fingerprint density at radius 3 is 2.40 bits per heavy atom. The van der Waals surface area contributed by atoms with E-state index in [-0.39, 0.29) is 5.56 Å². The van der Waals surface area contributed by atoms with Gasteiger partial charge in [0.15, 0.2) is 0 Å². The van der Waals surface area contributed by atoms with Crippen molar-refractivity contribution in [3.05, 3.63) is 47.5 Å². The van der Waals surface area contributed by atoms with E-state index in [0.717, 1.165) is 17.1 Å². The van der Waals surface area contributed by atoms with Gasteiger partial charge in [-0.05, 0) is 29.0 Å². The zero-order valence-electron chi connectivity index (χ0n) is 7.81. The molecule has 0 aromatic heterocycles. The summed E-state index contributed by atoms with van der Waals surface area (Å²) in [6.07, 6.45) is 0.768. The SMILES string of the molecule is O=Cc1ccc2cc(C(=O)O)ccc2c1. The molecular weight excluding hydrogens is 192 g/mol. The summed E-state index contributed by atoms with van der Waals surface area (Å²) in [5, 5.41) is 10.5. The third-order valence-electron chi connectivity index (χ3n) is 2.25. The molecule has 3 heteroatoms. The molecule has 3 nitrogen and oxygen atoms in total. The van der Waals surface area contributed by atoms with E-state index in [1.165, 1.54) is 6.07 Å². The molecule has 0 atom stereocenters. The van der Waals surface area contributed by atoms with Gasteiger partial charge in [0.2, 0.25) is 0 Å². The highest BCUT2D eigenvalue weighted by atomic mass is 16.4. The molecule has 0 fully saturated rings. The number of carbonyl (C=O) groups excluding carboxylic acids is 1. The lowest BCUT2D eigenvalue weighted by Gasteiger charge is -2.00. The van der Waals surface area contributed by atoms with Crippen LogP contribution in [0, 0.1) is 0 Å². The van der Waals surface area contributed by atoms with E-state index in [1.807, 2.05) is 0 Å². The molecule has 0 saturated carbocycles. The standard InChI is InChI=1S/C12H8O3/c13-7-8-1-2-10-6-11(12(14)15)4-3-9(10)5-8/h1-7H,(H,14,15). The molecule has 1 N–H and O–H groups in total. The molecule has 0 saturated heterocycles. The van der Waals surface area contributed by atoms with E-state index in [4.69, 9.17) is 5.11 Å². The maximum atomic E-state index is 10.7. The number of rotatable bonds is 2. The second-order valence-electron chi connectivity index (χ2n) is 3.24. The maximum Gasteiger partial charge on any atom is 0.335 e. The first-order valence-electron chi connectivity index (χ1n) is 4.43. The highest BCUT2D eigenvalue weighted by Gasteiger charge is 2.03. The van der Waals surface area contributed by atoms with Gasteiger partial charge in [-0.1, -0.05) is 18.2 Å². The third-order valence-corrected chi connectivity index (χ3v) is 2.25. The minimum atomic E-state index is -0.948. The number of benzene rings is 2. The van der Waals surface area contributed by atoms with Crippen LogP contribution in [0.25, 0.3) is 10.8 Å². The molecule has 2 rings (SSSR count). The van der Waals surface area contributed by atoms with Crippen molar-refractivity contribution in [3.63, 3.8) is 0 Å². The van der Waals surface area contributed by atoms with Crippen LogP contribution in [0.4, 0.5) is 0 Å². The van der Waals surface area contributed by atoms with Crippen molar-refractivity contribution in [1.82, 2.24) is 0 Å². The molecule has 0 spiro atoms. The molecule has 0 heterocycles. The topological polar surface area (TPSA) is 54.4 Å². The van der Waals surface area contributed by atoms with Crippen LogP contribution in [-0.4, -0.2) is 17.4 Å². The summed E-state index contributed by atoms with van der Waals surface area (Å²) in [5.74, 6) is -0.948. The van der Waals surface area contributed by atoms with Crippen molar-refractivity contribution in [3.8, 4) is 0 Å².